The fraction of sp³-hybridized carbons (Fsp3) is 0.269. The fourth-order valence-electron chi connectivity index (χ4n) is 4.26. The second kappa shape index (κ2) is 8.34. The van der Waals surface area contributed by atoms with Crippen LogP contribution in [0.3, 0.4) is 0 Å². The maximum Gasteiger partial charge on any atom is 0.242 e. The van der Waals surface area contributed by atoms with Crippen molar-refractivity contribution >= 4 is 16.9 Å². The minimum Gasteiger partial charge on any atom is -0.348 e. The number of nitrogens with zero attached hydrogens (tertiary/aromatic N) is 3. The largest absolute Gasteiger partial charge is 0.348 e. The molecule has 2 aromatic carbocycles. The normalized spacial score (nSPS) is 12.2. The highest BCUT2D eigenvalue weighted by Gasteiger charge is 2.17. The first-order chi connectivity index (χ1) is 14.8. The van der Waals surface area contributed by atoms with Gasteiger partial charge in [-0.15, -0.1) is 0 Å². The predicted octanol–water partition coefficient (Wildman–Crippen LogP) is 5.21. The van der Waals surface area contributed by atoms with Crippen LogP contribution in [0.5, 0.6) is 0 Å². The lowest BCUT2D eigenvalue weighted by Crippen LogP contribution is -2.30. The van der Waals surface area contributed by atoms with Crippen LogP contribution in [0.1, 0.15) is 40.9 Å². The SMILES string of the molecule is Cc1cccc(-c2ccnc3c2c(C)nn3CC(=O)NC(C)c2ccc(C)cc2C)c1. The molecule has 31 heavy (non-hydrogen) atoms. The second-order valence-electron chi connectivity index (χ2n) is 8.32. The van der Waals surface area contributed by atoms with Gasteiger partial charge in [0.1, 0.15) is 6.54 Å². The van der Waals surface area contributed by atoms with E-state index in [-0.39, 0.29) is 18.5 Å². The van der Waals surface area contributed by atoms with Gasteiger partial charge in [-0.25, -0.2) is 9.67 Å². The van der Waals surface area contributed by atoms with Gasteiger partial charge in [-0.2, -0.15) is 5.10 Å². The molecular formula is C26H28N4O. The van der Waals surface area contributed by atoms with Crippen molar-refractivity contribution in [1.29, 1.82) is 0 Å². The van der Waals surface area contributed by atoms with E-state index >= 15 is 0 Å². The fourth-order valence-corrected chi connectivity index (χ4v) is 4.26. The topological polar surface area (TPSA) is 59.8 Å². The Bertz CT molecular complexity index is 1270. The van der Waals surface area contributed by atoms with E-state index in [2.05, 4.69) is 78.6 Å². The number of hydrogen-bond acceptors (Lipinski definition) is 3. The molecular weight excluding hydrogens is 384 g/mol. The van der Waals surface area contributed by atoms with Crippen LogP contribution in [0.25, 0.3) is 22.2 Å². The molecule has 1 amide bonds. The van der Waals surface area contributed by atoms with Crippen LogP contribution in [0, 0.1) is 27.7 Å². The highest BCUT2D eigenvalue weighted by atomic mass is 16.2. The molecule has 0 bridgehead atoms. The average Bonchev–Trinajstić information content (AvgIpc) is 3.03. The third-order valence-electron chi connectivity index (χ3n) is 5.70. The number of fused-ring (bicyclic) bond motifs is 1. The summed E-state index contributed by atoms with van der Waals surface area (Å²) in [7, 11) is 0. The molecule has 1 N–H and O–H groups in total. The smallest absolute Gasteiger partial charge is 0.242 e. The molecule has 0 spiro atoms. The molecule has 0 fully saturated rings. The van der Waals surface area contributed by atoms with Crippen LogP contribution in [-0.4, -0.2) is 20.7 Å². The van der Waals surface area contributed by atoms with E-state index in [1.165, 1.54) is 16.7 Å². The van der Waals surface area contributed by atoms with E-state index in [0.717, 1.165) is 33.4 Å². The Labute approximate surface area is 183 Å². The Kier molecular flexibility index (Phi) is 5.59. The van der Waals surface area contributed by atoms with Crippen LogP contribution in [0.2, 0.25) is 0 Å². The number of hydrogen-bond donors (Lipinski definition) is 1. The molecule has 1 unspecified atom stereocenters. The summed E-state index contributed by atoms with van der Waals surface area (Å²) in [4.78, 5) is 17.4. The molecule has 2 aromatic heterocycles. The summed E-state index contributed by atoms with van der Waals surface area (Å²) in [5.74, 6) is -0.0837. The first-order valence-electron chi connectivity index (χ1n) is 10.6. The van der Waals surface area contributed by atoms with E-state index in [0.29, 0.717) is 0 Å². The summed E-state index contributed by atoms with van der Waals surface area (Å²) in [5.41, 5.74) is 8.53. The molecule has 4 aromatic rings. The molecule has 0 saturated heterocycles. The third-order valence-corrected chi connectivity index (χ3v) is 5.70. The molecule has 4 rings (SSSR count). The van der Waals surface area contributed by atoms with E-state index in [1.54, 1.807) is 10.9 Å². The standard InChI is InChI=1S/C26H28N4O/c1-16-7-6-8-21(14-16)23-11-12-27-26-25(23)20(5)29-30(26)15-24(31)28-19(4)22-10-9-17(2)13-18(22)3/h6-14,19H,15H2,1-5H3,(H,28,31). The Hall–Kier alpha value is -3.47. The van der Waals surface area contributed by atoms with Crippen molar-refractivity contribution < 1.29 is 4.79 Å². The highest BCUT2D eigenvalue weighted by Crippen LogP contribution is 2.30. The molecule has 1 atom stereocenters. The number of aromatic nitrogens is 3. The molecule has 0 aliphatic rings. The van der Waals surface area contributed by atoms with Gasteiger partial charge in [0.05, 0.1) is 11.7 Å². The van der Waals surface area contributed by atoms with Crippen LogP contribution in [0.4, 0.5) is 0 Å². The van der Waals surface area contributed by atoms with Gasteiger partial charge in [-0.05, 0) is 62.9 Å². The number of carbonyl (C=O) groups is 1. The minimum atomic E-state index is -0.0837. The van der Waals surface area contributed by atoms with Gasteiger partial charge in [-0.1, -0.05) is 53.6 Å². The summed E-state index contributed by atoms with van der Waals surface area (Å²) in [6.45, 7) is 10.3. The molecule has 158 valence electrons. The van der Waals surface area contributed by atoms with Crippen molar-refractivity contribution in [3.8, 4) is 11.1 Å². The van der Waals surface area contributed by atoms with E-state index in [4.69, 9.17) is 0 Å². The van der Waals surface area contributed by atoms with Crippen LogP contribution < -0.4 is 5.32 Å². The lowest BCUT2D eigenvalue weighted by atomic mass is 10.0. The first-order valence-corrected chi connectivity index (χ1v) is 10.6. The van der Waals surface area contributed by atoms with Crippen molar-refractivity contribution in [3.05, 3.63) is 82.7 Å². The predicted molar refractivity (Wildman–Crippen MR) is 125 cm³/mol. The van der Waals surface area contributed by atoms with Gasteiger partial charge >= 0.3 is 0 Å². The molecule has 2 heterocycles. The van der Waals surface area contributed by atoms with Crippen molar-refractivity contribution in [2.45, 2.75) is 47.2 Å². The Morgan fingerprint density at radius 1 is 1.03 bits per heavy atom. The zero-order chi connectivity index (χ0) is 22.1. The van der Waals surface area contributed by atoms with Gasteiger partial charge in [0.2, 0.25) is 5.91 Å². The second-order valence-corrected chi connectivity index (χ2v) is 8.32. The van der Waals surface area contributed by atoms with Crippen molar-refractivity contribution in [2.75, 3.05) is 0 Å². The number of pyridine rings is 1. The number of amides is 1. The lowest BCUT2D eigenvalue weighted by Gasteiger charge is -2.17. The molecule has 5 nitrogen and oxygen atoms in total. The lowest BCUT2D eigenvalue weighted by molar-refractivity contribution is -0.122. The van der Waals surface area contributed by atoms with Crippen LogP contribution >= 0.6 is 0 Å². The monoisotopic (exact) mass is 412 g/mol. The van der Waals surface area contributed by atoms with Gasteiger partial charge in [-0.3, -0.25) is 4.79 Å². The first kappa shape index (κ1) is 20.8. The summed E-state index contributed by atoms with van der Waals surface area (Å²) < 4.78 is 1.70. The minimum absolute atomic E-state index is 0.0770. The zero-order valence-electron chi connectivity index (χ0n) is 18.7. The average molecular weight is 413 g/mol. The van der Waals surface area contributed by atoms with Crippen LogP contribution in [-0.2, 0) is 11.3 Å². The Morgan fingerprint density at radius 2 is 1.81 bits per heavy atom. The zero-order valence-corrected chi connectivity index (χ0v) is 18.7. The highest BCUT2D eigenvalue weighted by molar-refractivity contribution is 5.95. The Morgan fingerprint density at radius 3 is 2.55 bits per heavy atom. The molecule has 0 radical (unpaired) electrons. The summed E-state index contributed by atoms with van der Waals surface area (Å²) in [6, 6.07) is 16.6. The van der Waals surface area contributed by atoms with Crippen molar-refractivity contribution in [2.24, 2.45) is 0 Å². The maximum atomic E-state index is 12.8. The maximum absolute atomic E-state index is 12.8. The number of carbonyl (C=O) groups excluding carboxylic acids is 1. The number of rotatable bonds is 5. The molecule has 0 aliphatic heterocycles. The number of aryl methyl sites for hydroxylation is 4. The van der Waals surface area contributed by atoms with Crippen LogP contribution in [0.15, 0.2) is 54.7 Å². The molecule has 0 saturated carbocycles. The van der Waals surface area contributed by atoms with E-state index < -0.39 is 0 Å². The summed E-state index contributed by atoms with van der Waals surface area (Å²) in [6.07, 6.45) is 1.79. The van der Waals surface area contributed by atoms with E-state index in [9.17, 15) is 4.79 Å². The Balaban J connectivity index is 1.60. The third kappa shape index (κ3) is 4.22. The van der Waals surface area contributed by atoms with Gasteiger partial charge < -0.3 is 5.32 Å². The van der Waals surface area contributed by atoms with Gasteiger partial charge in [0.25, 0.3) is 0 Å². The quantitative estimate of drug-likeness (QED) is 0.489. The van der Waals surface area contributed by atoms with E-state index in [1.807, 2.05) is 19.9 Å². The summed E-state index contributed by atoms with van der Waals surface area (Å²) >= 11 is 0. The van der Waals surface area contributed by atoms with Crippen molar-refractivity contribution in [3.63, 3.8) is 0 Å². The van der Waals surface area contributed by atoms with Crippen molar-refractivity contribution in [1.82, 2.24) is 20.1 Å². The number of benzene rings is 2. The van der Waals surface area contributed by atoms with Gasteiger partial charge in [0.15, 0.2) is 5.65 Å². The van der Waals surface area contributed by atoms with Gasteiger partial charge in [0, 0.05) is 11.6 Å². The summed E-state index contributed by atoms with van der Waals surface area (Å²) in [5, 5.41) is 8.74. The number of nitrogens with one attached hydrogen (secondary N) is 1. The molecule has 0 aliphatic carbocycles. The molecule has 5 heteroatoms.